The van der Waals surface area contributed by atoms with E-state index in [4.69, 9.17) is 9.47 Å². The van der Waals surface area contributed by atoms with Crippen molar-refractivity contribution in [3.8, 4) is 11.5 Å². The van der Waals surface area contributed by atoms with Gasteiger partial charge < -0.3 is 14.8 Å². The number of carbonyl (C=O) groups is 1. The first kappa shape index (κ1) is 16.4. The Kier molecular flexibility index (Phi) is 5.36. The molecule has 0 radical (unpaired) electrons. The van der Waals surface area contributed by atoms with Crippen LogP contribution in [0.15, 0.2) is 48.5 Å². The number of hydrogen-bond donors (Lipinski definition) is 1. The predicted molar refractivity (Wildman–Crippen MR) is 94.6 cm³/mol. The highest BCUT2D eigenvalue weighted by Gasteiger charge is 2.16. The molecule has 4 heteroatoms. The zero-order valence-electron chi connectivity index (χ0n) is 14.0. The van der Waals surface area contributed by atoms with Crippen molar-refractivity contribution < 1.29 is 14.3 Å². The maximum Gasteiger partial charge on any atom is 0.262 e. The summed E-state index contributed by atoms with van der Waals surface area (Å²) in [7, 11) is 0. The van der Waals surface area contributed by atoms with E-state index in [1.165, 1.54) is 12.8 Å². The van der Waals surface area contributed by atoms with Crippen LogP contribution < -0.4 is 14.8 Å². The molecule has 0 atom stereocenters. The van der Waals surface area contributed by atoms with Crippen molar-refractivity contribution in [3.05, 3.63) is 54.1 Å². The summed E-state index contributed by atoms with van der Waals surface area (Å²) in [6, 6.07) is 15.2. The van der Waals surface area contributed by atoms with Crippen LogP contribution in [0.5, 0.6) is 11.5 Å². The van der Waals surface area contributed by atoms with Crippen LogP contribution >= 0.6 is 0 Å². The second kappa shape index (κ2) is 7.86. The summed E-state index contributed by atoms with van der Waals surface area (Å²) in [6.45, 7) is 1.95. The van der Waals surface area contributed by atoms with Crippen LogP contribution in [0.4, 0.5) is 5.69 Å². The summed E-state index contributed by atoms with van der Waals surface area (Å²) in [5.74, 6) is 1.41. The van der Waals surface area contributed by atoms with Gasteiger partial charge in [-0.1, -0.05) is 18.2 Å². The molecule has 0 unspecified atom stereocenters. The molecule has 0 aromatic heterocycles. The van der Waals surface area contributed by atoms with Gasteiger partial charge in [-0.15, -0.1) is 0 Å². The van der Waals surface area contributed by atoms with Crippen LogP contribution in [0.3, 0.4) is 0 Å². The number of aryl methyl sites for hydroxylation is 1. The number of benzene rings is 2. The van der Waals surface area contributed by atoms with E-state index in [0.717, 1.165) is 35.6 Å². The van der Waals surface area contributed by atoms with Crippen molar-refractivity contribution in [2.75, 3.05) is 11.9 Å². The fourth-order valence-corrected chi connectivity index (χ4v) is 2.87. The summed E-state index contributed by atoms with van der Waals surface area (Å²) in [5, 5.41) is 2.83. The standard InChI is InChI=1S/C20H23NO3/c1-15-6-2-5-9-19(15)23-14-20(22)21-16-10-12-18(13-11-16)24-17-7-3-4-8-17/h2,5-6,9-13,17H,3-4,7-8,14H2,1H3,(H,21,22). The molecule has 0 heterocycles. The second-order valence-electron chi connectivity index (χ2n) is 6.15. The van der Waals surface area contributed by atoms with Gasteiger partial charge in [0, 0.05) is 5.69 Å². The summed E-state index contributed by atoms with van der Waals surface area (Å²) < 4.78 is 11.5. The number of nitrogens with one attached hydrogen (secondary N) is 1. The van der Waals surface area contributed by atoms with Crippen LogP contribution in [0, 0.1) is 6.92 Å². The van der Waals surface area contributed by atoms with Crippen LogP contribution in [0.1, 0.15) is 31.2 Å². The molecule has 1 N–H and O–H groups in total. The summed E-state index contributed by atoms with van der Waals surface area (Å²) in [4.78, 5) is 12.0. The lowest BCUT2D eigenvalue weighted by molar-refractivity contribution is -0.118. The van der Waals surface area contributed by atoms with Crippen LogP contribution in [-0.2, 0) is 4.79 Å². The fourth-order valence-electron chi connectivity index (χ4n) is 2.87. The molecule has 0 saturated heterocycles. The molecule has 24 heavy (non-hydrogen) atoms. The number of carbonyl (C=O) groups excluding carboxylic acids is 1. The van der Waals surface area contributed by atoms with E-state index in [1.54, 1.807) is 0 Å². The largest absolute Gasteiger partial charge is 0.490 e. The molecule has 2 aromatic carbocycles. The molecule has 0 spiro atoms. The van der Waals surface area contributed by atoms with Crippen LogP contribution in [0.2, 0.25) is 0 Å². The Labute approximate surface area is 142 Å². The molecular formula is C20H23NO3. The zero-order valence-corrected chi connectivity index (χ0v) is 14.0. The van der Waals surface area contributed by atoms with Gasteiger partial charge in [0.25, 0.3) is 5.91 Å². The van der Waals surface area contributed by atoms with Gasteiger partial charge in [-0.05, 0) is 68.5 Å². The van der Waals surface area contributed by atoms with Crippen molar-refractivity contribution in [1.82, 2.24) is 0 Å². The summed E-state index contributed by atoms with van der Waals surface area (Å²) in [6.07, 6.45) is 5.11. The SMILES string of the molecule is Cc1ccccc1OCC(=O)Nc1ccc(OC2CCCC2)cc1. The van der Waals surface area contributed by atoms with E-state index < -0.39 is 0 Å². The van der Waals surface area contributed by atoms with Gasteiger partial charge in [0.2, 0.25) is 0 Å². The molecule has 1 fully saturated rings. The van der Waals surface area contributed by atoms with Gasteiger partial charge in [0.15, 0.2) is 6.61 Å². The number of amides is 1. The predicted octanol–water partition coefficient (Wildman–Crippen LogP) is 4.33. The molecule has 2 aromatic rings. The van der Waals surface area contributed by atoms with Crippen LogP contribution in [-0.4, -0.2) is 18.6 Å². The number of hydrogen-bond acceptors (Lipinski definition) is 3. The molecule has 1 aliphatic carbocycles. The maximum atomic E-state index is 12.0. The number of rotatable bonds is 6. The molecule has 126 valence electrons. The van der Waals surface area contributed by atoms with Gasteiger partial charge in [-0.3, -0.25) is 4.79 Å². The topological polar surface area (TPSA) is 47.6 Å². The minimum atomic E-state index is -0.178. The smallest absolute Gasteiger partial charge is 0.262 e. The first-order chi connectivity index (χ1) is 11.7. The average molecular weight is 325 g/mol. The Balaban J connectivity index is 1.48. The normalized spacial score (nSPS) is 14.4. The van der Waals surface area contributed by atoms with Gasteiger partial charge >= 0.3 is 0 Å². The highest BCUT2D eigenvalue weighted by Crippen LogP contribution is 2.25. The lowest BCUT2D eigenvalue weighted by atomic mass is 10.2. The Morgan fingerprint density at radius 1 is 1.08 bits per heavy atom. The number of anilines is 1. The highest BCUT2D eigenvalue weighted by atomic mass is 16.5. The zero-order chi connectivity index (χ0) is 16.8. The fraction of sp³-hybridized carbons (Fsp3) is 0.350. The Hall–Kier alpha value is -2.49. The average Bonchev–Trinajstić information content (AvgIpc) is 3.09. The van der Waals surface area contributed by atoms with Gasteiger partial charge in [0.05, 0.1) is 6.10 Å². The third-order valence-electron chi connectivity index (χ3n) is 4.20. The molecule has 1 amide bonds. The van der Waals surface area contributed by atoms with E-state index in [9.17, 15) is 4.79 Å². The molecule has 1 aliphatic rings. The minimum Gasteiger partial charge on any atom is -0.490 e. The molecular weight excluding hydrogens is 302 g/mol. The molecule has 0 bridgehead atoms. The van der Waals surface area contributed by atoms with E-state index in [0.29, 0.717) is 6.10 Å². The monoisotopic (exact) mass is 325 g/mol. The Morgan fingerprint density at radius 2 is 1.79 bits per heavy atom. The Bertz CT molecular complexity index is 676. The molecule has 0 aliphatic heterocycles. The van der Waals surface area contributed by atoms with Crippen molar-refractivity contribution in [3.63, 3.8) is 0 Å². The van der Waals surface area contributed by atoms with Crippen LogP contribution in [0.25, 0.3) is 0 Å². The van der Waals surface area contributed by atoms with E-state index >= 15 is 0 Å². The van der Waals surface area contributed by atoms with Crippen molar-refractivity contribution in [2.45, 2.75) is 38.7 Å². The summed E-state index contributed by atoms with van der Waals surface area (Å²) >= 11 is 0. The van der Waals surface area contributed by atoms with Gasteiger partial charge in [-0.25, -0.2) is 0 Å². The van der Waals surface area contributed by atoms with Gasteiger partial charge in [0.1, 0.15) is 11.5 Å². The lowest BCUT2D eigenvalue weighted by Gasteiger charge is -2.13. The highest BCUT2D eigenvalue weighted by molar-refractivity contribution is 5.91. The molecule has 4 nitrogen and oxygen atoms in total. The van der Waals surface area contributed by atoms with E-state index in [2.05, 4.69) is 5.32 Å². The molecule has 1 saturated carbocycles. The van der Waals surface area contributed by atoms with Crippen molar-refractivity contribution in [1.29, 1.82) is 0 Å². The van der Waals surface area contributed by atoms with E-state index in [1.807, 2.05) is 55.5 Å². The minimum absolute atomic E-state index is 0.00875. The van der Waals surface area contributed by atoms with Crippen molar-refractivity contribution >= 4 is 11.6 Å². The number of para-hydroxylation sites is 1. The third-order valence-corrected chi connectivity index (χ3v) is 4.20. The summed E-state index contributed by atoms with van der Waals surface area (Å²) in [5.41, 5.74) is 1.76. The first-order valence-electron chi connectivity index (χ1n) is 8.46. The van der Waals surface area contributed by atoms with E-state index in [-0.39, 0.29) is 12.5 Å². The first-order valence-corrected chi connectivity index (χ1v) is 8.46. The lowest BCUT2D eigenvalue weighted by Crippen LogP contribution is -2.20. The Morgan fingerprint density at radius 3 is 2.50 bits per heavy atom. The van der Waals surface area contributed by atoms with Gasteiger partial charge in [-0.2, -0.15) is 0 Å². The number of ether oxygens (including phenoxy) is 2. The second-order valence-corrected chi connectivity index (χ2v) is 6.15. The van der Waals surface area contributed by atoms with Crippen molar-refractivity contribution in [2.24, 2.45) is 0 Å². The quantitative estimate of drug-likeness (QED) is 0.860. The molecule has 3 rings (SSSR count). The third kappa shape index (κ3) is 4.51. The maximum absolute atomic E-state index is 12.0.